The fourth-order valence-corrected chi connectivity index (χ4v) is 3.01. The maximum Gasteiger partial charge on any atom is 0.227 e. The van der Waals surface area contributed by atoms with Crippen molar-refractivity contribution in [2.24, 2.45) is 0 Å². The number of methoxy groups -OCH3 is 1. The van der Waals surface area contributed by atoms with Gasteiger partial charge in [-0.3, -0.25) is 4.79 Å². The highest BCUT2D eigenvalue weighted by Gasteiger charge is 2.26. The lowest BCUT2D eigenvalue weighted by Gasteiger charge is -2.17. The molecule has 1 fully saturated rings. The van der Waals surface area contributed by atoms with Gasteiger partial charge >= 0.3 is 0 Å². The average molecular weight is 295 g/mol. The first kappa shape index (κ1) is 14.6. The number of hydrogen-bond acceptors (Lipinski definition) is 2. The lowest BCUT2D eigenvalue weighted by molar-refractivity contribution is -0.129. The van der Waals surface area contributed by atoms with Gasteiger partial charge in [-0.2, -0.15) is 0 Å². The van der Waals surface area contributed by atoms with Crippen LogP contribution in [0.4, 0.5) is 0 Å². The number of hydrogen-bond donors (Lipinski definition) is 0. The second-order valence-corrected chi connectivity index (χ2v) is 5.76. The minimum Gasteiger partial charge on any atom is -0.497 e. The van der Waals surface area contributed by atoms with Crippen molar-refractivity contribution >= 4 is 5.91 Å². The zero-order chi connectivity index (χ0) is 15.4. The molecule has 1 heterocycles. The number of benzene rings is 2. The Morgan fingerprint density at radius 2 is 1.86 bits per heavy atom. The first-order valence-electron chi connectivity index (χ1n) is 7.72. The molecule has 3 nitrogen and oxygen atoms in total. The van der Waals surface area contributed by atoms with E-state index in [-0.39, 0.29) is 5.91 Å². The molecular formula is C19H21NO2. The van der Waals surface area contributed by atoms with E-state index < -0.39 is 0 Å². The molecule has 114 valence electrons. The van der Waals surface area contributed by atoms with Crippen molar-refractivity contribution in [3.8, 4) is 5.75 Å². The topological polar surface area (TPSA) is 29.5 Å². The quantitative estimate of drug-likeness (QED) is 0.866. The molecule has 1 aliphatic rings. The highest BCUT2D eigenvalue weighted by atomic mass is 16.5. The van der Waals surface area contributed by atoms with E-state index in [0.29, 0.717) is 12.3 Å². The van der Waals surface area contributed by atoms with Gasteiger partial charge in [0.15, 0.2) is 0 Å². The minimum atomic E-state index is 0.212. The van der Waals surface area contributed by atoms with E-state index in [1.807, 2.05) is 35.2 Å². The number of likely N-dealkylation sites (tertiary alicyclic amines) is 1. The SMILES string of the molecule is COc1ccc(CC(=O)N2CC[C@H](c3ccccc3)C2)cc1. The van der Waals surface area contributed by atoms with Crippen LogP contribution in [0.1, 0.15) is 23.5 Å². The van der Waals surface area contributed by atoms with Crippen molar-refractivity contribution in [1.82, 2.24) is 4.90 Å². The van der Waals surface area contributed by atoms with Gasteiger partial charge in [-0.15, -0.1) is 0 Å². The molecule has 0 spiro atoms. The van der Waals surface area contributed by atoms with Crippen LogP contribution in [0, 0.1) is 0 Å². The second kappa shape index (κ2) is 6.65. The number of amides is 1. The molecule has 3 heteroatoms. The molecule has 3 rings (SSSR count). The van der Waals surface area contributed by atoms with E-state index >= 15 is 0 Å². The number of nitrogens with zero attached hydrogens (tertiary/aromatic N) is 1. The van der Waals surface area contributed by atoms with Crippen LogP contribution in [0.3, 0.4) is 0 Å². The summed E-state index contributed by atoms with van der Waals surface area (Å²) in [5, 5.41) is 0. The summed E-state index contributed by atoms with van der Waals surface area (Å²) in [7, 11) is 1.65. The third-order valence-corrected chi connectivity index (χ3v) is 4.33. The van der Waals surface area contributed by atoms with Gasteiger partial charge in [-0.1, -0.05) is 42.5 Å². The molecule has 0 bridgehead atoms. The number of carbonyl (C=O) groups is 1. The van der Waals surface area contributed by atoms with E-state index in [2.05, 4.69) is 24.3 Å². The van der Waals surface area contributed by atoms with Crippen LogP contribution in [0.25, 0.3) is 0 Å². The van der Waals surface area contributed by atoms with Gasteiger partial charge in [0, 0.05) is 19.0 Å². The van der Waals surface area contributed by atoms with Gasteiger partial charge in [-0.05, 0) is 29.7 Å². The Hall–Kier alpha value is -2.29. The molecule has 2 aromatic carbocycles. The van der Waals surface area contributed by atoms with Gasteiger partial charge < -0.3 is 9.64 Å². The summed E-state index contributed by atoms with van der Waals surface area (Å²) in [6.45, 7) is 1.69. The van der Waals surface area contributed by atoms with Crippen LogP contribution in [0.5, 0.6) is 5.75 Å². The fraction of sp³-hybridized carbons (Fsp3) is 0.316. The van der Waals surface area contributed by atoms with E-state index in [1.165, 1.54) is 5.56 Å². The summed E-state index contributed by atoms with van der Waals surface area (Å²) in [5.74, 6) is 1.51. The Morgan fingerprint density at radius 1 is 1.14 bits per heavy atom. The summed E-state index contributed by atoms with van der Waals surface area (Å²) in [5.41, 5.74) is 2.37. The molecule has 0 saturated carbocycles. The number of carbonyl (C=O) groups excluding carboxylic acids is 1. The lowest BCUT2D eigenvalue weighted by atomic mass is 9.99. The molecule has 22 heavy (non-hydrogen) atoms. The van der Waals surface area contributed by atoms with Gasteiger partial charge in [0.2, 0.25) is 5.91 Å². The van der Waals surface area contributed by atoms with Crippen LogP contribution < -0.4 is 4.74 Å². The maximum absolute atomic E-state index is 12.4. The highest BCUT2D eigenvalue weighted by Crippen LogP contribution is 2.27. The molecule has 1 saturated heterocycles. The highest BCUT2D eigenvalue weighted by molar-refractivity contribution is 5.79. The molecular weight excluding hydrogens is 274 g/mol. The third-order valence-electron chi connectivity index (χ3n) is 4.33. The van der Waals surface area contributed by atoms with Crippen LogP contribution >= 0.6 is 0 Å². The fourth-order valence-electron chi connectivity index (χ4n) is 3.01. The van der Waals surface area contributed by atoms with Crippen LogP contribution in [0.2, 0.25) is 0 Å². The zero-order valence-corrected chi connectivity index (χ0v) is 12.9. The van der Waals surface area contributed by atoms with Gasteiger partial charge in [-0.25, -0.2) is 0 Å². The Bertz CT molecular complexity index is 622. The molecule has 0 aromatic heterocycles. The molecule has 1 atom stereocenters. The molecule has 0 radical (unpaired) electrons. The molecule has 0 aliphatic carbocycles. The predicted molar refractivity (Wildman–Crippen MR) is 87.1 cm³/mol. The Morgan fingerprint density at radius 3 is 2.55 bits per heavy atom. The molecule has 1 aliphatic heterocycles. The monoisotopic (exact) mass is 295 g/mol. The first-order chi connectivity index (χ1) is 10.8. The van der Waals surface area contributed by atoms with Crippen molar-refractivity contribution in [3.05, 3.63) is 65.7 Å². The van der Waals surface area contributed by atoms with Crippen molar-refractivity contribution in [2.45, 2.75) is 18.8 Å². The predicted octanol–water partition coefficient (Wildman–Crippen LogP) is 3.25. The first-order valence-corrected chi connectivity index (χ1v) is 7.72. The number of ether oxygens (including phenoxy) is 1. The Labute approximate surface area is 131 Å². The van der Waals surface area contributed by atoms with Gasteiger partial charge in [0.1, 0.15) is 5.75 Å². The van der Waals surface area contributed by atoms with Crippen LogP contribution in [-0.2, 0) is 11.2 Å². The van der Waals surface area contributed by atoms with Crippen LogP contribution in [-0.4, -0.2) is 31.0 Å². The lowest BCUT2D eigenvalue weighted by Crippen LogP contribution is -2.29. The molecule has 0 N–H and O–H groups in total. The van der Waals surface area contributed by atoms with Crippen molar-refractivity contribution in [3.63, 3.8) is 0 Å². The second-order valence-electron chi connectivity index (χ2n) is 5.76. The van der Waals surface area contributed by atoms with Gasteiger partial charge in [0.25, 0.3) is 0 Å². The van der Waals surface area contributed by atoms with E-state index in [0.717, 1.165) is 30.8 Å². The van der Waals surface area contributed by atoms with Crippen LogP contribution in [0.15, 0.2) is 54.6 Å². The Balaban J connectivity index is 1.59. The van der Waals surface area contributed by atoms with Gasteiger partial charge in [0.05, 0.1) is 13.5 Å². The molecule has 2 aromatic rings. The average Bonchev–Trinajstić information content (AvgIpc) is 3.06. The molecule has 0 unspecified atom stereocenters. The largest absolute Gasteiger partial charge is 0.497 e. The molecule has 1 amide bonds. The zero-order valence-electron chi connectivity index (χ0n) is 12.9. The number of rotatable bonds is 4. The maximum atomic E-state index is 12.4. The Kier molecular flexibility index (Phi) is 4.42. The third kappa shape index (κ3) is 3.30. The smallest absolute Gasteiger partial charge is 0.227 e. The van der Waals surface area contributed by atoms with Crippen molar-refractivity contribution < 1.29 is 9.53 Å². The summed E-state index contributed by atoms with van der Waals surface area (Å²) in [4.78, 5) is 14.4. The summed E-state index contributed by atoms with van der Waals surface area (Å²) >= 11 is 0. The normalized spacial score (nSPS) is 17.5. The van der Waals surface area contributed by atoms with Crippen molar-refractivity contribution in [1.29, 1.82) is 0 Å². The summed E-state index contributed by atoms with van der Waals surface area (Å²) < 4.78 is 5.14. The standard InChI is InChI=1S/C19H21NO2/c1-22-18-9-7-15(8-10-18)13-19(21)20-12-11-17(14-20)16-5-3-2-4-6-16/h2-10,17H,11-14H2,1H3/t17-/m0/s1. The van der Waals surface area contributed by atoms with Crippen molar-refractivity contribution in [2.75, 3.05) is 20.2 Å². The van der Waals surface area contributed by atoms with E-state index in [9.17, 15) is 4.79 Å². The summed E-state index contributed by atoms with van der Waals surface area (Å²) in [6.07, 6.45) is 1.52. The minimum absolute atomic E-state index is 0.212. The van der Waals surface area contributed by atoms with E-state index in [1.54, 1.807) is 7.11 Å². The van der Waals surface area contributed by atoms with E-state index in [4.69, 9.17) is 4.74 Å². The summed E-state index contributed by atoms with van der Waals surface area (Å²) in [6, 6.07) is 18.2.